The van der Waals surface area contributed by atoms with Crippen molar-refractivity contribution in [2.75, 3.05) is 13.1 Å². The molecule has 0 amide bonds. The second-order valence-electron chi connectivity index (χ2n) is 2.56. The zero-order valence-corrected chi connectivity index (χ0v) is 7.93. The molecule has 0 saturated heterocycles. The standard InChI is InChI=1S/C6H18N4OS/c7-3-1-5(9)12(11)6(10)2-4-8/h5-6H,1-4,7-10H2. The average molecular weight is 194 g/mol. The lowest BCUT2D eigenvalue weighted by molar-refractivity contribution is 0.552. The molecule has 0 spiro atoms. The zero-order chi connectivity index (χ0) is 9.56. The van der Waals surface area contributed by atoms with E-state index in [1.54, 1.807) is 0 Å². The smallest absolute Gasteiger partial charge is 0.167 e. The van der Waals surface area contributed by atoms with Gasteiger partial charge in [0.1, 0.15) is 0 Å². The van der Waals surface area contributed by atoms with Crippen molar-refractivity contribution in [3.05, 3.63) is 0 Å². The number of hydrogen-bond acceptors (Lipinski definition) is 5. The lowest BCUT2D eigenvalue weighted by atomic mass is 10.4. The Hall–Kier alpha value is 0.150. The van der Waals surface area contributed by atoms with Crippen molar-refractivity contribution in [2.24, 2.45) is 22.9 Å². The molecule has 0 fully saturated rings. The number of nitrogens with two attached hydrogens (primary N) is 4. The molecule has 12 heavy (non-hydrogen) atoms. The molecule has 0 rings (SSSR count). The van der Waals surface area contributed by atoms with Crippen LogP contribution >= 0.6 is 0 Å². The fourth-order valence-corrected chi connectivity index (χ4v) is 1.97. The monoisotopic (exact) mass is 194 g/mol. The van der Waals surface area contributed by atoms with Crippen molar-refractivity contribution in [1.82, 2.24) is 0 Å². The quantitative estimate of drug-likeness (QED) is 0.364. The Balaban J connectivity index is 3.73. The molecule has 0 aliphatic rings. The summed E-state index contributed by atoms with van der Waals surface area (Å²) >= 11 is -1.21. The van der Waals surface area contributed by atoms with Gasteiger partial charge < -0.3 is 16.0 Å². The minimum atomic E-state index is -1.21. The fraction of sp³-hybridized carbons (Fsp3) is 1.00. The topological polar surface area (TPSA) is 127 Å². The maximum Gasteiger partial charge on any atom is 0.167 e. The summed E-state index contributed by atoms with van der Waals surface area (Å²) in [6.45, 7) is 0.866. The van der Waals surface area contributed by atoms with E-state index in [9.17, 15) is 4.55 Å². The van der Waals surface area contributed by atoms with Crippen molar-refractivity contribution in [3.63, 3.8) is 0 Å². The molecule has 8 N–H and O–H groups in total. The highest BCUT2D eigenvalue weighted by molar-refractivity contribution is 7.92. The van der Waals surface area contributed by atoms with Crippen LogP contribution in [0.2, 0.25) is 0 Å². The van der Waals surface area contributed by atoms with E-state index < -0.39 is 21.9 Å². The molecule has 0 radical (unpaired) electrons. The van der Waals surface area contributed by atoms with Crippen LogP contribution in [-0.2, 0) is 11.2 Å². The van der Waals surface area contributed by atoms with E-state index in [0.29, 0.717) is 25.9 Å². The summed E-state index contributed by atoms with van der Waals surface area (Å²) in [4.78, 5) is 0. The molecule has 0 bridgehead atoms. The van der Waals surface area contributed by atoms with E-state index in [1.165, 1.54) is 0 Å². The molecule has 0 heterocycles. The second-order valence-corrected chi connectivity index (χ2v) is 4.43. The van der Waals surface area contributed by atoms with E-state index in [-0.39, 0.29) is 0 Å². The predicted molar refractivity (Wildman–Crippen MR) is 51.4 cm³/mol. The van der Waals surface area contributed by atoms with Gasteiger partial charge in [-0.3, -0.25) is 11.5 Å². The largest absolute Gasteiger partial charge is 0.614 e. The Morgan fingerprint density at radius 1 is 1.00 bits per heavy atom. The average Bonchev–Trinajstić information content (AvgIpc) is 2.04. The summed E-state index contributed by atoms with van der Waals surface area (Å²) in [6.07, 6.45) is 1.07. The first-order chi connectivity index (χ1) is 5.63. The summed E-state index contributed by atoms with van der Waals surface area (Å²) < 4.78 is 11.4. The fourth-order valence-electron chi connectivity index (χ4n) is 0.785. The number of rotatable bonds is 6. The Bertz CT molecular complexity index is 104. The minimum absolute atomic E-state index is 0.420. The molecule has 0 saturated carbocycles. The third-order valence-electron chi connectivity index (χ3n) is 1.50. The summed E-state index contributed by atoms with van der Waals surface area (Å²) in [7, 11) is 0. The van der Waals surface area contributed by atoms with Gasteiger partial charge in [-0.15, -0.1) is 0 Å². The van der Waals surface area contributed by atoms with Gasteiger partial charge in [-0.05, 0) is 24.3 Å². The molecular weight excluding hydrogens is 176 g/mol. The molecule has 0 aromatic carbocycles. The van der Waals surface area contributed by atoms with Crippen LogP contribution in [0.25, 0.3) is 0 Å². The highest BCUT2D eigenvalue weighted by Gasteiger charge is 2.23. The van der Waals surface area contributed by atoms with Gasteiger partial charge in [0.15, 0.2) is 10.7 Å². The Morgan fingerprint density at radius 3 is 1.58 bits per heavy atom. The van der Waals surface area contributed by atoms with E-state index in [4.69, 9.17) is 22.9 Å². The maximum atomic E-state index is 11.4. The lowest BCUT2D eigenvalue weighted by Gasteiger charge is -2.22. The Labute approximate surface area is 76.0 Å². The van der Waals surface area contributed by atoms with Gasteiger partial charge in [-0.1, -0.05) is 0 Å². The van der Waals surface area contributed by atoms with Gasteiger partial charge in [-0.2, -0.15) is 0 Å². The van der Waals surface area contributed by atoms with Crippen LogP contribution in [0.4, 0.5) is 0 Å². The normalized spacial score (nSPS) is 18.8. The van der Waals surface area contributed by atoms with Crippen molar-refractivity contribution < 1.29 is 4.55 Å². The second kappa shape index (κ2) is 6.64. The van der Waals surface area contributed by atoms with Crippen LogP contribution < -0.4 is 22.9 Å². The van der Waals surface area contributed by atoms with Crippen LogP contribution in [0.3, 0.4) is 0 Å². The summed E-state index contributed by atoms with van der Waals surface area (Å²) in [5.74, 6) is 0. The predicted octanol–water partition coefficient (Wildman–Crippen LogP) is -2.00. The molecule has 2 atom stereocenters. The van der Waals surface area contributed by atoms with Crippen LogP contribution in [0.1, 0.15) is 12.8 Å². The Morgan fingerprint density at radius 2 is 1.33 bits per heavy atom. The molecule has 6 heteroatoms. The van der Waals surface area contributed by atoms with E-state index in [1.807, 2.05) is 0 Å². The van der Waals surface area contributed by atoms with Gasteiger partial charge in [0, 0.05) is 12.8 Å². The van der Waals surface area contributed by atoms with Crippen LogP contribution in [0.15, 0.2) is 0 Å². The molecule has 0 aromatic heterocycles. The van der Waals surface area contributed by atoms with Crippen LogP contribution in [-0.4, -0.2) is 28.4 Å². The third kappa shape index (κ3) is 4.24. The van der Waals surface area contributed by atoms with Crippen LogP contribution in [0, 0.1) is 0 Å². The van der Waals surface area contributed by atoms with Gasteiger partial charge in [0.2, 0.25) is 0 Å². The maximum absolute atomic E-state index is 11.4. The molecule has 0 aliphatic carbocycles. The van der Waals surface area contributed by atoms with Crippen molar-refractivity contribution in [3.8, 4) is 0 Å². The summed E-state index contributed by atoms with van der Waals surface area (Å²) in [6, 6.07) is 0. The van der Waals surface area contributed by atoms with Gasteiger partial charge in [0.05, 0.1) is 0 Å². The first kappa shape index (κ1) is 12.2. The first-order valence-corrected chi connectivity index (χ1v) is 5.21. The van der Waals surface area contributed by atoms with Crippen molar-refractivity contribution >= 4 is 11.2 Å². The molecule has 0 aromatic rings. The van der Waals surface area contributed by atoms with E-state index in [0.717, 1.165) is 0 Å². The van der Waals surface area contributed by atoms with Crippen molar-refractivity contribution in [2.45, 2.75) is 23.6 Å². The van der Waals surface area contributed by atoms with Gasteiger partial charge >= 0.3 is 0 Å². The number of hydrogen-bond donors (Lipinski definition) is 4. The lowest BCUT2D eigenvalue weighted by Crippen LogP contribution is -2.44. The third-order valence-corrected chi connectivity index (χ3v) is 3.16. The zero-order valence-electron chi connectivity index (χ0n) is 7.11. The van der Waals surface area contributed by atoms with Gasteiger partial charge in [-0.25, -0.2) is 0 Å². The molecule has 2 unspecified atom stereocenters. The molecule has 0 aliphatic heterocycles. The SMILES string of the molecule is NCCC(N)[S+]([O-])C(N)CCN. The summed E-state index contributed by atoms with van der Waals surface area (Å²) in [5, 5.41) is -0.840. The molecule has 74 valence electrons. The van der Waals surface area contributed by atoms with Crippen molar-refractivity contribution in [1.29, 1.82) is 0 Å². The Kier molecular flexibility index (Phi) is 6.73. The van der Waals surface area contributed by atoms with E-state index in [2.05, 4.69) is 0 Å². The van der Waals surface area contributed by atoms with E-state index >= 15 is 0 Å². The van der Waals surface area contributed by atoms with Crippen LogP contribution in [0.5, 0.6) is 0 Å². The highest BCUT2D eigenvalue weighted by atomic mass is 32.2. The summed E-state index contributed by atoms with van der Waals surface area (Å²) in [5.41, 5.74) is 21.6. The first-order valence-electron chi connectivity index (χ1n) is 3.94. The molecular formula is C6H18N4OS. The highest BCUT2D eigenvalue weighted by Crippen LogP contribution is 2.06. The minimum Gasteiger partial charge on any atom is -0.614 e. The van der Waals surface area contributed by atoms with Gasteiger partial charge in [0.25, 0.3) is 0 Å². The molecule has 5 nitrogen and oxygen atoms in total.